The fraction of sp³-hybridized carbons (Fsp3) is 0.538. The summed E-state index contributed by atoms with van der Waals surface area (Å²) < 4.78 is 16.0. The SMILES string of the molecule is CC1CCCCN1c1nnc2ccc(OC3CCC(NC(=O)NC(CC(=N)C(C)(C)C)=Nc4cnn(CCN5CCOCC5)c4)c4ccccc43)cn12. The highest BCUT2D eigenvalue weighted by Crippen LogP contribution is 2.39. The highest BCUT2D eigenvalue weighted by molar-refractivity contribution is 6.09. The smallest absolute Gasteiger partial charge is 0.320 e. The molecule has 5 heterocycles. The summed E-state index contributed by atoms with van der Waals surface area (Å²) in [7, 11) is 0. The first-order chi connectivity index (χ1) is 25.6. The molecule has 2 fully saturated rings. The maximum Gasteiger partial charge on any atom is 0.320 e. The molecule has 3 atom stereocenters. The number of nitrogens with one attached hydrogen (secondary N) is 3. The zero-order valence-electron chi connectivity index (χ0n) is 31.4. The minimum Gasteiger partial charge on any atom is -0.484 e. The molecule has 0 saturated carbocycles. The van der Waals surface area contributed by atoms with Gasteiger partial charge in [-0.25, -0.2) is 9.79 Å². The molecule has 53 heavy (non-hydrogen) atoms. The second kappa shape index (κ2) is 16.0. The van der Waals surface area contributed by atoms with Crippen LogP contribution < -0.4 is 20.3 Å². The van der Waals surface area contributed by atoms with E-state index in [1.54, 1.807) is 6.20 Å². The lowest BCUT2D eigenvalue weighted by Gasteiger charge is -2.33. The van der Waals surface area contributed by atoms with Crippen molar-refractivity contribution in [2.75, 3.05) is 44.3 Å². The maximum absolute atomic E-state index is 13.6. The molecule has 3 aromatic heterocycles. The van der Waals surface area contributed by atoms with Crippen LogP contribution >= 0.6 is 0 Å². The molecular weight excluding hydrogens is 671 g/mol. The van der Waals surface area contributed by atoms with Gasteiger partial charge in [-0.15, -0.1) is 10.2 Å². The number of amides is 2. The van der Waals surface area contributed by atoms with Gasteiger partial charge >= 0.3 is 6.03 Å². The second-order valence-corrected chi connectivity index (χ2v) is 15.5. The van der Waals surface area contributed by atoms with Crippen molar-refractivity contribution in [1.82, 2.24) is 39.9 Å². The number of pyridine rings is 1. The minimum absolute atomic E-state index is 0.178. The van der Waals surface area contributed by atoms with Crippen LogP contribution in [0.5, 0.6) is 5.75 Å². The number of benzene rings is 1. The van der Waals surface area contributed by atoms with Gasteiger partial charge in [-0.3, -0.25) is 19.3 Å². The lowest BCUT2D eigenvalue weighted by molar-refractivity contribution is 0.0360. The lowest BCUT2D eigenvalue weighted by Crippen LogP contribution is -2.43. The third kappa shape index (κ3) is 8.87. The number of amidine groups is 1. The van der Waals surface area contributed by atoms with Gasteiger partial charge in [0.25, 0.3) is 0 Å². The third-order valence-corrected chi connectivity index (χ3v) is 10.6. The number of anilines is 1. The van der Waals surface area contributed by atoms with Crippen molar-refractivity contribution in [1.29, 1.82) is 5.41 Å². The van der Waals surface area contributed by atoms with Gasteiger partial charge in [-0.05, 0) is 67.7 Å². The Morgan fingerprint density at radius 3 is 2.60 bits per heavy atom. The number of fused-ring (bicyclic) bond motifs is 2. The normalized spacial score (nSPS) is 21.3. The molecule has 14 heteroatoms. The van der Waals surface area contributed by atoms with Gasteiger partial charge in [0.05, 0.1) is 44.4 Å². The Bertz CT molecular complexity index is 1920. The van der Waals surface area contributed by atoms with Gasteiger partial charge in [-0.2, -0.15) is 5.10 Å². The van der Waals surface area contributed by atoms with Crippen LogP contribution in [0, 0.1) is 10.8 Å². The Balaban J connectivity index is 1.03. The number of aromatic nitrogens is 5. The minimum atomic E-state index is -0.370. The predicted octanol–water partition coefficient (Wildman–Crippen LogP) is 6.08. The summed E-state index contributed by atoms with van der Waals surface area (Å²) in [6.45, 7) is 14.2. The van der Waals surface area contributed by atoms with Crippen LogP contribution in [-0.4, -0.2) is 92.3 Å². The van der Waals surface area contributed by atoms with Gasteiger partial charge in [0.15, 0.2) is 5.65 Å². The van der Waals surface area contributed by atoms with E-state index in [9.17, 15) is 4.79 Å². The summed E-state index contributed by atoms with van der Waals surface area (Å²) in [6.07, 6.45) is 10.6. The molecule has 0 bridgehead atoms. The van der Waals surface area contributed by atoms with Crippen LogP contribution in [0.1, 0.15) is 89.5 Å². The molecule has 3 aliphatic rings. The van der Waals surface area contributed by atoms with Crippen LogP contribution in [-0.2, 0) is 11.3 Å². The van der Waals surface area contributed by atoms with E-state index in [1.165, 1.54) is 6.42 Å². The Morgan fingerprint density at radius 1 is 1.00 bits per heavy atom. The number of aliphatic imine (C=N–C) groups is 1. The molecule has 2 saturated heterocycles. The molecule has 1 aromatic carbocycles. The molecule has 282 valence electrons. The fourth-order valence-electron chi connectivity index (χ4n) is 7.33. The number of carbonyl (C=O) groups excluding carboxylic acids is 1. The van der Waals surface area contributed by atoms with Crippen molar-refractivity contribution in [3.05, 3.63) is 66.1 Å². The third-order valence-electron chi connectivity index (χ3n) is 10.6. The van der Waals surface area contributed by atoms with Crippen LogP contribution in [0.15, 0.2) is 60.0 Å². The van der Waals surface area contributed by atoms with Crippen molar-refractivity contribution in [3.63, 3.8) is 0 Å². The molecule has 3 unspecified atom stereocenters. The summed E-state index contributed by atoms with van der Waals surface area (Å²) in [5.74, 6) is 2.01. The predicted molar refractivity (Wildman–Crippen MR) is 205 cm³/mol. The zero-order valence-corrected chi connectivity index (χ0v) is 31.4. The first kappa shape index (κ1) is 36.5. The van der Waals surface area contributed by atoms with E-state index in [0.717, 1.165) is 93.7 Å². The van der Waals surface area contributed by atoms with Crippen LogP contribution in [0.2, 0.25) is 0 Å². The summed E-state index contributed by atoms with van der Waals surface area (Å²) >= 11 is 0. The number of morpholine rings is 1. The van der Waals surface area contributed by atoms with E-state index in [4.69, 9.17) is 19.9 Å². The maximum atomic E-state index is 13.6. The fourth-order valence-corrected chi connectivity index (χ4v) is 7.33. The topological polar surface area (TPSA) is 150 Å². The van der Waals surface area contributed by atoms with E-state index in [0.29, 0.717) is 29.7 Å². The van der Waals surface area contributed by atoms with E-state index in [2.05, 4.69) is 54.8 Å². The Morgan fingerprint density at radius 2 is 1.81 bits per heavy atom. The Hall–Kier alpha value is -4.82. The first-order valence-electron chi connectivity index (χ1n) is 19.0. The largest absolute Gasteiger partial charge is 0.484 e. The van der Waals surface area contributed by atoms with Gasteiger partial charge in [0.2, 0.25) is 5.95 Å². The molecule has 7 rings (SSSR count). The molecule has 1 aliphatic carbocycles. The van der Waals surface area contributed by atoms with Crippen molar-refractivity contribution in [3.8, 4) is 5.75 Å². The number of carbonyl (C=O) groups is 1. The average Bonchev–Trinajstić information content (AvgIpc) is 3.78. The molecule has 4 aromatic rings. The van der Waals surface area contributed by atoms with E-state index in [1.807, 2.05) is 66.5 Å². The molecule has 2 aliphatic heterocycles. The summed E-state index contributed by atoms with van der Waals surface area (Å²) in [5.41, 5.74) is 3.60. The van der Waals surface area contributed by atoms with Crippen LogP contribution in [0.25, 0.3) is 5.65 Å². The van der Waals surface area contributed by atoms with Crippen LogP contribution in [0.4, 0.5) is 16.4 Å². The number of hydrogen-bond acceptors (Lipinski definition) is 10. The quantitative estimate of drug-likeness (QED) is 0.132. The highest BCUT2D eigenvalue weighted by Gasteiger charge is 2.30. The van der Waals surface area contributed by atoms with Crippen molar-refractivity contribution < 1.29 is 14.3 Å². The molecule has 0 radical (unpaired) electrons. The van der Waals surface area contributed by atoms with Crippen molar-refractivity contribution in [2.24, 2.45) is 10.4 Å². The van der Waals surface area contributed by atoms with Gasteiger partial charge in [0, 0.05) is 44.4 Å². The van der Waals surface area contributed by atoms with Crippen LogP contribution in [0.3, 0.4) is 0 Å². The monoisotopic (exact) mass is 723 g/mol. The Kier molecular flexibility index (Phi) is 11.1. The summed E-state index contributed by atoms with van der Waals surface area (Å²) in [6, 6.07) is 11.9. The number of nitrogens with zero attached hydrogens (tertiary/aromatic N) is 8. The molecular formula is C39H53N11O3. The van der Waals surface area contributed by atoms with Crippen molar-refractivity contribution >= 4 is 34.9 Å². The molecule has 3 N–H and O–H groups in total. The molecule has 0 spiro atoms. The molecule has 14 nitrogen and oxygen atoms in total. The van der Waals surface area contributed by atoms with Gasteiger partial charge in [-0.1, -0.05) is 45.0 Å². The van der Waals surface area contributed by atoms with Gasteiger partial charge in [0.1, 0.15) is 23.4 Å². The lowest BCUT2D eigenvalue weighted by atomic mass is 9.85. The summed E-state index contributed by atoms with van der Waals surface area (Å²) in [5, 5.41) is 28.4. The van der Waals surface area contributed by atoms with E-state index >= 15 is 0 Å². The van der Waals surface area contributed by atoms with E-state index < -0.39 is 0 Å². The average molecular weight is 724 g/mol. The van der Waals surface area contributed by atoms with Gasteiger partial charge < -0.3 is 25.1 Å². The van der Waals surface area contributed by atoms with Crippen molar-refractivity contribution in [2.45, 2.75) is 91.0 Å². The van der Waals surface area contributed by atoms with E-state index in [-0.39, 0.29) is 30.0 Å². The second-order valence-electron chi connectivity index (χ2n) is 15.5. The summed E-state index contributed by atoms with van der Waals surface area (Å²) in [4.78, 5) is 23.1. The first-order valence-corrected chi connectivity index (χ1v) is 19.0. The number of ether oxygens (including phenoxy) is 2. The standard InChI is InChI=1S/C39H53N11O3/c1-27-9-7-8-16-49(27)38-46-45-36-15-12-29(26-50(36)38)53-33-14-13-32(30-10-5-6-11-31(30)33)43-37(51)44-35(23-34(40)39(2,3)4)42-28-24-41-48(25-28)18-17-47-19-21-52-22-20-47/h5-6,10-12,15,24-27,32-33,40H,7-9,13-14,16-23H2,1-4H3,(H2,42,43,44,51). The Labute approximate surface area is 311 Å². The number of urea groups is 1. The number of rotatable bonds is 10. The zero-order chi connectivity index (χ0) is 37.0. The number of piperidine rings is 1. The molecule has 2 amide bonds. The number of hydrogen-bond donors (Lipinski definition) is 3. The highest BCUT2D eigenvalue weighted by atomic mass is 16.5.